The first kappa shape index (κ1) is 28.0. The normalized spacial score (nSPS) is 13.9. The Morgan fingerprint density at radius 2 is 1.76 bits per heavy atom. The summed E-state index contributed by atoms with van der Waals surface area (Å²) in [6, 6.07) is 14.7. The van der Waals surface area contributed by atoms with Crippen LogP contribution in [-0.4, -0.2) is 25.6 Å². The molecule has 2 atom stereocenters. The Bertz CT molecular complexity index is 1410. The van der Waals surface area contributed by atoms with Gasteiger partial charge in [0.05, 0.1) is 11.6 Å². The second kappa shape index (κ2) is 11.2. The highest BCUT2D eigenvalue weighted by atomic mass is 32.2. The Labute approximate surface area is 212 Å². The van der Waals surface area contributed by atoms with E-state index in [1.807, 2.05) is 6.07 Å². The molecular formula is C26H25F4N3O3S. The molecule has 1 heterocycles. The third kappa shape index (κ3) is 7.23. The predicted molar refractivity (Wildman–Crippen MR) is 133 cm³/mol. The summed E-state index contributed by atoms with van der Waals surface area (Å²) >= 11 is 0. The van der Waals surface area contributed by atoms with Gasteiger partial charge in [0.1, 0.15) is 16.9 Å². The molecule has 2 aromatic carbocycles. The first-order valence-electron chi connectivity index (χ1n) is 11.1. The minimum absolute atomic E-state index is 0.0387. The van der Waals surface area contributed by atoms with Crippen molar-refractivity contribution in [2.24, 2.45) is 5.73 Å². The van der Waals surface area contributed by atoms with Crippen LogP contribution in [0.25, 0.3) is 12.2 Å². The maximum absolute atomic E-state index is 14.5. The molecule has 1 amide bonds. The Kier molecular flexibility index (Phi) is 8.49. The average molecular weight is 536 g/mol. The van der Waals surface area contributed by atoms with E-state index in [0.717, 1.165) is 24.0 Å². The van der Waals surface area contributed by atoms with Gasteiger partial charge in [-0.2, -0.15) is 13.2 Å². The number of pyridine rings is 1. The largest absolute Gasteiger partial charge is 0.433 e. The summed E-state index contributed by atoms with van der Waals surface area (Å²) in [4.78, 5) is 16.5. The molecular weight excluding hydrogens is 510 g/mol. The number of carbonyl (C=O) groups is 1. The maximum Gasteiger partial charge on any atom is 0.433 e. The van der Waals surface area contributed by atoms with E-state index in [-0.39, 0.29) is 23.4 Å². The van der Waals surface area contributed by atoms with Crippen molar-refractivity contribution in [3.63, 3.8) is 0 Å². The Hall–Kier alpha value is -3.57. The van der Waals surface area contributed by atoms with Crippen LogP contribution in [0.5, 0.6) is 0 Å². The van der Waals surface area contributed by atoms with Crippen molar-refractivity contribution in [1.29, 1.82) is 0 Å². The molecule has 0 saturated heterocycles. The summed E-state index contributed by atoms with van der Waals surface area (Å²) in [7, 11) is -3.73. The lowest BCUT2D eigenvalue weighted by Crippen LogP contribution is -2.28. The number of sulfone groups is 1. The van der Waals surface area contributed by atoms with Gasteiger partial charge in [-0.05, 0) is 41.8 Å². The van der Waals surface area contributed by atoms with Crippen LogP contribution < -0.4 is 11.1 Å². The van der Waals surface area contributed by atoms with Crippen LogP contribution in [0, 0.1) is 5.82 Å². The molecule has 0 aliphatic rings. The van der Waals surface area contributed by atoms with Crippen molar-refractivity contribution in [3.8, 4) is 0 Å². The van der Waals surface area contributed by atoms with Crippen LogP contribution in [0.3, 0.4) is 0 Å². The zero-order valence-corrected chi connectivity index (χ0v) is 20.8. The molecule has 3 aromatic rings. The maximum atomic E-state index is 14.5. The van der Waals surface area contributed by atoms with Crippen molar-refractivity contribution in [3.05, 3.63) is 100 Å². The number of hydrogen-bond acceptors (Lipinski definition) is 5. The predicted octanol–water partition coefficient (Wildman–Crippen LogP) is 4.83. The third-order valence-corrected chi connectivity index (χ3v) is 6.85. The van der Waals surface area contributed by atoms with Gasteiger partial charge in [0.15, 0.2) is 9.84 Å². The van der Waals surface area contributed by atoms with Crippen molar-refractivity contribution in [1.82, 2.24) is 10.3 Å². The summed E-state index contributed by atoms with van der Waals surface area (Å²) in [6.07, 6.45) is -0.696. The summed E-state index contributed by atoms with van der Waals surface area (Å²) in [5.41, 5.74) is 5.73. The topological polar surface area (TPSA) is 102 Å². The summed E-state index contributed by atoms with van der Waals surface area (Å²) in [5.74, 6) is -2.23. The molecule has 196 valence electrons. The minimum atomic E-state index is -4.64. The van der Waals surface area contributed by atoms with Crippen LogP contribution in [-0.2, 0) is 27.4 Å². The number of benzene rings is 2. The average Bonchev–Trinajstić information content (AvgIpc) is 2.84. The Morgan fingerprint density at radius 3 is 2.35 bits per heavy atom. The van der Waals surface area contributed by atoms with Gasteiger partial charge >= 0.3 is 6.18 Å². The lowest BCUT2D eigenvalue weighted by atomic mass is 9.98. The Morgan fingerprint density at radius 1 is 1.08 bits per heavy atom. The number of halogens is 4. The van der Waals surface area contributed by atoms with Gasteiger partial charge in [0.25, 0.3) is 0 Å². The SMILES string of the molecule is CC(C(=O)NCc1ccc(C(F)(F)F)nc1/C=C/c1ccccc1)c1ccc(C(N)S(C)(=O)=O)c(F)c1. The van der Waals surface area contributed by atoms with Gasteiger partial charge in [-0.1, -0.05) is 54.6 Å². The molecule has 11 heteroatoms. The standard InChI is InChI=1S/C26H25F4N3O3S/c1-16(18-9-11-20(21(27)14-18)24(31)37(2,35)36)25(34)32-15-19-10-13-23(26(28,29)30)33-22(19)12-8-17-6-4-3-5-7-17/h3-14,16,24H,15,31H2,1-2H3,(H,32,34)/b12-8+. The van der Waals surface area contributed by atoms with Crippen LogP contribution in [0.1, 0.15) is 51.9 Å². The van der Waals surface area contributed by atoms with E-state index in [9.17, 15) is 30.8 Å². The third-order valence-electron chi connectivity index (χ3n) is 5.67. The van der Waals surface area contributed by atoms with Crippen LogP contribution >= 0.6 is 0 Å². The molecule has 6 nitrogen and oxygen atoms in total. The fourth-order valence-electron chi connectivity index (χ4n) is 3.46. The molecule has 0 radical (unpaired) electrons. The summed E-state index contributed by atoms with van der Waals surface area (Å²) in [6.45, 7) is 1.39. The van der Waals surface area contributed by atoms with Crippen LogP contribution in [0.15, 0.2) is 60.7 Å². The van der Waals surface area contributed by atoms with Crippen molar-refractivity contribution in [2.45, 2.75) is 30.9 Å². The van der Waals surface area contributed by atoms with Gasteiger partial charge in [-0.25, -0.2) is 17.8 Å². The van der Waals surface area contributed by atoms with Gasteiger partial charge in [-0.15, -0.1) is 0 Å². The summed E-state index contributed by atoms with van der Waals surface area (Å²) < 4.78 is 77.5. The molecule has 3 rings (SSSR count). The number of aromatic nitrogens is 1. The van der Waals surface area contributed by atoms with Crippen molar-refractivity contribution in [2.75, 3.05) is 6.26 Å². The molecule has 0 bridgehead atoms. The molecule has 0 fully saturated rings. The molecule has 2 unspecified atom stereocenters. The number of rotatable bonds is 8. The first-order valence-corrected chi connectivity index (χ1v) is 13.0. The van der Waals surface area contributed by atoms with Crippen LogP contribution in [0.2, 0.25) is 0 Å². The van der Waals surface area contributed by atoms with Gasteiger partial charge in [0.2, 0.25) is 5.91 Å². The monoisotopic (exact) mass is 535 g/mol. The molecule has 0 spiro atoms. The number of hydrogen-bond donors (Lipinski definition) is 2. The number of amides is 1. The number of nitrogens with one attached hydrogen (secondary N) is 1. The van der Waals surface area contributed by atoms with Crippen molar-refractivity contribution < 1.29 is 30.8 Å². The first-order chi connectivity index (χ1) is 17.3. The fraction of sp³-hybridized carbons (Fsp3) is 0.231. The molecule has 0 aliphatic heterocycles. The fourth-order valence-corrected chi connectivity index (χ4v) is 4.11. The highest BCUT2D eigenvalue weighted by Gasteiger charge is 2.33. The second-order valence-corrected chi connectivity index (χ2v) is 10.6. The Balaban J connectivity index is 1.79. The number of carbonyl (C=O) groups excluding carboxylic acids is 1. The van der Waals surface area contributed by atoms with E-state index in [2.05, 4.69) is 10.3 Å². The van der Waals surface area contributed by atoms with E-state index < -0.39 is 44.7 Å². The highest BCUT2D eigenvalue weighted by Crippen LogP contribution is 2.29. The molecule has 1 aromatic heterocycles. The molecule has 0 saturated carbocycles. The van der Waals surface area contributed by atoms with Gasteiger partial charge in [0, 0.05) is 18.4 Å². The molecule has 37 heavy (non-hydrogen) atoms. The molecule has 0 aliphatic carbocycles. The summed E-state index contributed by atoms with van der Waals surface area (Å²) in [5, 5.41) is 1.10. The quantitative estimate of drug-likeness (QED) is 0.402. The minimum Gasteiger partial charge on any atom is -0.351 e. The number of nitrogens with two attached hydrogens (primary N) is 1. The highest BCUT2D eigenvalue weighted by molar-refractivity contribution is 7.90. The van der Waals surface area contributed by atoms with Gasteiger partial charge in [-0.3, -0.25) is 4.79 Å². The molecule has 3 N–H and O–H groups in total. The van der Waals surface area contributed by atoms with E-state index in [1.54, 1.807) is 30.3 Å². The van der Waals surface area contributed by atoms with Crippen LogP contribution in [0.4, 0.5) is 17.6 Å². The number of nitrogens with zero attached hydrogens (tertiary/aromatic N) is 1. The van der Waals surface area contributed by atoms with Crippen molar-refractivity contribution >= 4 is 27.9 Å². The van der Waals surface area contributed by atoms with E-state index >= 15 is 0 Å². The second-order valence-electron chi connectivity index (χ2n) is 8.45. The number of alkyl halides is 3. The van der Waals surface area contributed by atoms with E-state index in [4.69, 9.17) is 5.73 Å². The zero-order chi connectivity index (χ0) is 27.4. The van der Waals surface area contributed by atoms with Gasteiger partial charge < -0.3 is 11.1 Å². The van der Waals surface area contributed by atoms with E-state index in [0.29, 0.717) is 5.56 Å². The van der Waals surface area contributed by atoms with E-state index in [1.165, 1.54) is 31.2 Å². The lowest BCUT2D eigenvalue weighted by Gasteiger charge is -2.16. The lowest BCUT2D eigenvalue weighted by molar-refractivity contribution is -0.141. The smallest absolute Gasteiger partial charge is 0.351 e. The zero-order valence-electron chi connectivity index (χ0n) is 20.0.